The summed E-state index contributed by atoms with van der Waals surface area (Å²) in [5.74, 6) is -1.12. The molecule has 2 rings (SSSR count). The quantitative estimate of drug-likeness (QED) is 0.581. The molecule has 0 aromatic carbocycles. The van der Waals surface area contributed by atoms with Gasteiger partial charge in [0, 0.05) is 6.07 Å². The Kier molecular flexibility index (Phi) is 3.38. The molecule has 98 valence electrons. The van der Waals surface area contributed by atoms with Crippen LogP contribution in [0.4, 0.5) is 11.5 Å². The van der Waals surface area contributed by atoms with Crippen molar-refractivity contribution in [2.24, 2.45) is 0 Å². The Balaban J connectivity index is 2.39. The van der Waals surface area contributed by atoms with Gasteiger partial charge in [-0.05, 0) is 23.9 Å². The van der Waals surface area contributed by atoms with E-state index >= 15 is 0 Å². The van der Waals surface area contributed by atoms with Crippen molar-refractivity contribution in [1.82, 2.24) is 15.0 Å². The molecular weight excluding hydrogens is 270 g/mol. The van der Waals surface area contributed by atoms with Crippen molar-refractivity contribution in [2.75, 3.05) is 11.5 Å². The number of nitrogens with one attached hydrogen (secondary N) is 1. The van der Waals surface area contributed by atoms with Gasteiger partial charge in [-0.3, -0.25) is 4.79 Å². The number of H-pyrrole nitrogens is 1. The molecule has 0 radical (unpaired) electrons. The molecule has 19 heavy (non-hydrogen) atoms. The summed E-state index contributed by atoms with van der Waals surface area (Å²) in [4.78, 5) is 32.2. The lowest BCUT2D eigenvalue weighted by Crippen LogP contribution is -2.10. The standard InChI is InChI=1S/C10H9N5O3S/c11-4-1-2-5(9(17)18)13-8(4)19-10-14-6(12)3-7(16)15-10/h1-3H,11H2,(H,17,18)(H3,12,14,15,16). The average molecular weight is 279 g/mol. The van der Waals surface area contributed by atoms with E-state index < -0.39 is 11.5 Å². The zero-order chi connectivity index (χ0) is 14.0. The van der Waals surface area contributed by atoms with Gasteiger partial charge in [0.2, 0.25) is 0 Å². The normalized spacial score (nSPS) is 10.3. The average Bonchev–Trinajstić information content (AvgIpc) is 2.30. The van der Waals surface area contributed by atoms with Crippen LogP contribution in [0.15, 0.2) is 33.2 Å². The molecule has 6 N–H and O–H groups in total. The Morgan fingerprint density at radius 2 is 2.05 bits per heavy atom. The first kappa shape index (κ1) is 12.9. The van der Waals surface area contributed by atoms with Gasteiger partial charge in [0.05, 0.1) is 5.69 Å². The molecule has 8 nitrogen and oxygen atoms in total. The number of aromatic amines is 1. The Hall–Kier alpha value is -2.55. The Labute approximate surface area is 110 Å². The van der Waals surface area contributed by atoms with E-state index in [1.165, 1.54) is 12.1 Å². The van der Waals surface area contributed by atoms with E-state index in [2.05, 4.69) is 15.0 Å². The van der Waals surface area contributed by atoms with Gasteiger partial charge in [-0.15, -0.1) is 0 Å². The summed E-state index contributed by atoms with van der Waals surface area (Å²) in [6.07, 6.45) is 0. The minimum absolute atomic E-state index is 0.0548. The number of nitrogens with zero attached hydrogens (tertiary/aromatic N) is 2. The minimum atomic E-state index is -1.17. The van der Waals surface area contributed by atoms with Gasteiger partial charge in [-0.25, -0.2) is 14.8 Å². The number of rotatable bonds is 3. The third-order valence-corrected chi connectivity index (χ3v) is 2.95. The predicted octanol–water partition coefficient (Wildman–Crippen LogP) is 0.179. The van der Waals surface area contributed by atoms with Crippen molar-refractivity contribution in [1.29, 1.82) is 0 Å². The van der Waals surface area contributed by atoms with Crippen molar-refractivity contribution >= 4 is 29.2 Å². The van der Waals surface area contributed by atoms with E-state index in [-0.39, 0.29) is 27.4 Å². The number of pyridine rings is 1. The maximum Gasteiger partial charge on any atom is 0.354 e. The highest BCUT2D eigenvalue weighted by molar-refractivity contribution is 7.99. The fraction of sp³-hybridized carbons (Fsp3) is 0. The maximum absolute atomic E-state index is 11.2. The highest BCUT2D eigenvalue weighted by Crippen LogP contribution is 2.27. The molecule has 0 aliphatic heterocycles. The predicted molar refractivity (Wildman–Crippen MR) is 69.0 cm³/mol. The number of aromatic carboxylic acids is 1. The van der Waals surface area contributed by atoms with E-state index in [1.54, 1.807) is 0 Å². The van der Waals surface area contributed by atoms with Gasteiger partial charge in [-0.2, -0.15) is 0 Å². The smallest absolute Gasteiger partial charge is 0.354 e. The summed E-state index contributed by atoms with van der Waals surface area (Å²) in [6, 6.07) is 3.84. The summed E-state index contributed by atoms with van der Waals surface area (Å²) in [7, 11) is 0. The van der Waals surface area contributed by atoms with Gasteiger partial charge < -0.3 is 21.6 Å². The zero-order valence-corrected chi connectivity index (χ0v) is 10.3. The van der Waals surface area contributed by atoms with Crippen LogP contribution in [0, 0.1) is 0 Å². The van der Waals surface area contributed by atoms with Crippen LogP contribution in [0.2, 0.25) is 0 Å². The molecule has 2 aromatic rings. The van der Waals surface area contributed by atoms with Crippen molar-refractivity contribution in [3.8, 4) is 0 Å². The zero-order valence-electron chi connectivity index (χ0n) is 9.45. The van der Waals surface area contributed by atoms with E-state index in [4.69, 9.17) is 16.6 Å². The monoisotopic (exact) mass is 279 g/mol. The molecule has 0 aliphatic carbocycles. The Morgan fingerprint density at radius 3 is 2.68 bits per heavy atom. The van der Waals surface area contributed by atoms with Crippen LogP contribution in [-0.4, -0.2) is 26.0 Å². The molecule has 0 unspecified atom stereocenters. The van der Waals surface area contributed by atoms with Crippen LogP contribution in [0.1, 0.15) is 10.5 Å². The molecular formula is C10H9N5O3S. The molecule has 0 bridgehead atoms. The summed E-state index contributed by atoms with van der Waals surface area (Å²) >= 11 is 0.928. The summed E-state index contributed by atoms with van der Waals surface area (Å²) in [5.41, 5.74) is 10.8. The number of hydrogen-bond donors (Lipinski definition) is 4. The van der Waals surface area contributed by atoms with Crippen molar-refractivity contribution in [3.05, 3.63) is 34.2 Å². The summed E-state index contributed by atoms with van der Waals surface area (Å²) in [6.45, 7) is 0. The topological polar surface area (TPSA) is 148 Å². The molecule has 0 atom stereocenters. The number of carboxylic acids is 1. The van der Waals surface area contributed by atoms with E-state index in [0.717, 1.165) is 17.8 Å². The van der Waals surface area contributed by atoms with Gasteiger partial charge in [0.25, 0.3) is 5.56 Å². The largest absolute Gasteiger partial charge is 0.477 e. The van der Waals surface area contributed by atoms with E-state index in [9.17, 15) is 9.59 Å². The SMILES string of the molecule is Nc1cc(=O)[nH]c(Sc2nc(C(=O)O)ccc2N)n1. The van der Waals surface area contributed by atoms with E-state index in [0.29, 0.717) is 0 Å². The second-order valence-corrected chi connectivity index (χ2v) is 4.45. The van der Waals surface area contributed by atoms with Crippen molar-refractivity contribution < 1.29 is 9.90 Å². The van der Waals surface area contributed by atoms with Gasteiger partial charge in [0.15, 0.2) is 5.16 Å². The second-order valence-electron chi connectivity index (χ2n) is 3.47. The first-order chi connectivity index (χ1) is 8.95. The third-order valence-electron chi connectivity index (χ3n) is 2.04. The minimum Gasteiger partial charge on any atom is -0.477 e. The highest BCUT2D eigenvalue weighted by Gasteiger charge is 2.11. The molecule has 9 heteroatoms. The Bertz CT molecular complexity index is 700. The molecule has 0 fully saturated rings. The molecule has 0 spiro atoms. The number of nitrogens with two attached hydrogens (primary N) is 2. The highest BCUT2D eigenvalue weighted by atomic mass is 32.2. The van der Waals surface area contributed by atoms with Crippen LogP contribution in [0.25, 0.3) is 0 Å². The lowest BCUT2D eigenvalue weighted by molar-refractivity contribution is 0.0690. The van der Waals surface area contributed by atoms with Gasteiger partial charge in [-0.1, -0.05) is 0 Å². The number of carboxylic acid groups (broad SMARTS) is 1. The second kappa shape index (κ2) is 4.98. The molecule has 0 saturated heterocycles. The van der Waals surface area contributed by atoms with Crippen LogP contribution in [0.3, 0.4) is 0 Å². The van der Waals surface area contributed by atoms with Crippen LogP contribution in [0.5, 0.6) is 0 Å². The summed E-state index contributed by atoms with van der Waals surface area (Å²) in [5, 5.41) is 9.27. The lowest BCUT2D eigenvalue weighted by atomic mass is 10.3. The first-order valence-electron chi connectivity index (χ1n) is 5.00. The number of anilines is 2. The fourth-order valence-corrected chi connectivity index (χ4v) is 2.06. The Morgan fingerprint density at radius 1 is 1.32 bits per heavy atom. The number of hydrogen-bond acceptors (Lipinski definition) is 7. The molecule has 0 aliphatic rings. The van der Waals surface area contributed by atoms with Crippen LogP contribution in [-0.2, 0) is 0 Å². The van der Waals surface area contributed by atoms with E-state index in [1.807, 2.05) is 0 Å². The van der Waals surface area contributed by atoms with Gasteiger partial charge >= 0.3 is 5.97 Å². The van der Waals surface area contributed by atoms with Crippen LogP contribution < -0.4 is 17.0 Å². The number of nitrogen functional groups attached to an aromatic ring is 2. The number of aromatic nitrogens is 3. The molecule has 2 aromatic heterocycles. The van der Waals surface area contributed by atoms with Crippen molar-refractivity contribution in [3.63, 3.8) is 0 Å². The number of carbonyl (C=O) groups is 1. The first-order valence-corrected chi connectivity index (χ1v) is 5.82. The van der Waals surface area contributed by atoms with Crippen molar-refractivity contribution in [2.45, 2.75) is 10.2 Å². The third kappa shape index (κ3) is 3.01. The lowest BCUT2D eigenvalue weighted by Gasteiger charge is -2.05. The van der Waals surface area contributed by atoms with Crippen LogP contribution >= 0.6 is 11.8 Å². The fourth-order valence-electron chi connectivity index (χ4n) is 1.25. The molecule has 2 heterocycles. The van der Waals surface area contributed by atoms with Gasteiger partial charge in [0.1, 0.15) is 16.5 Å². The maximum atomic E-state index is 11.2. The molecule has 0 saturated carbocycles. The summed E-state index contributed by atoms with van der Waals surface area (Å²) < 4.78 is 0. The molecule has 0 amide bonds.